The van der Waals surface area contributed by atoms with E-state index in [1.54, 1.807) is 19.3 Å². The van der Waals surface area contributed by atoms with Crippen LogP contribution in [-0.4, -0.2) is 21.8 Å². The number of aryl methyl sites for hydroxylation is 1. The van der Waals surface area contributed by atoms with Gasteiger partial charge in [0.15, 0.2) is 0 Å². The zero-order valence-electron chi connectivity index (χ0n) is 11.6. The van der Waals surface area contributed by atoms with E-state index in [-0.39, 0.29) is 16.3 Å². The average Bonchev–Trinajstić information content (AvgIpc) is 2.40. The van der Waals surface area contributed by atoms with Crippen molar-refractivity contribution in [3.63, 3.8) is 0 Å². The molecule has 0 saturated carbocycles. The molecule has 4 nitrogen and oxygen atoms in total. The molecule has 0 aliphatic rings. The summed E-state index contributed by atoms with van der Waals surface area (Å²) in [6.07, 6.45) is 3.76. The van der Waals surface area contributed by atoms with Crippen LogP contribution in [0.2, 0.25) is 0 Å². The van der Waals surface area contributed by atoms with Gasteiger partial charge in [-0.3, -0.25) is 9.59 Å². The molecular weight excluding hydrogens is 308 g/mol. The summed E-state index contributed by atoms with van der Waals surface area (Å²) in [6, 6.07) is 3.01. The fourth-order valence-electron chi connectivity index (χ4n) is 1.95. The van der Waals surface area contributed by atoms with E-state index in [2.05, 4.69) is 35.1 Å². The standard InChI is InChI=1S/C14H21BrN2O2/c1-4-10(5-2)12(15)9-16-14(19)11-6-7-17(3)13(18)8-11/h6-8,10,12H,4-5,9H2,1-3H3,(H,16,19). The van der Waals surface area contributed by atoms with Gasteiger partial charge in [0.1, 0.15) is 0 Å². The van der Waals surface area contributed by atoms with Crippen molar-refractivity contribution in [2.24, 2.45) is 13.0 Å². The van der Waals surface area contributed by atoms with Crippen LogP contribution >= 0.6 is 15.9 Å². The van der Waals surface area contributed by atoms with Gasteiger partial charge in [0.05, 0.1) is 0 Å². The lowest BCUT2D eigenvalue weighted by Crippen LogP contribution is -2.33. The fourth-order valence-corrected chi connectivity index (χ4v) is 2.86. The van der Waals surface area contributed by atoms with Crippen LogP contribution in [0.4, 0.5) is 0 Å². The van der Waals surface area contributed by atoms with Gasteiger partial charge in [0.25, 0.3) is 11.5 Å². The third-order valence-electron chi connectivity index (χ3n) is 3.38. The number of amides is 1. The van der Waals surface area contributed by atoms with Crippen LogP contribution in [-0.2, 0) is 7.05 Å². The van der Waals surface area contributed by atoms with Crippen molar-refractivity contribution in [1.29, 1.82) is 0 Å². The van der Waals surface area contributed by atoms with E-state index in [4.69, 9.17) is 0 Å². The number of alkyl halides is 1. The minimum atomic E-state index is -0.201. The molecule has 1 atom stereocenters. The normalized spacial score (nSPS) is 12.5. The number of pyridine rings is 1. The van der Waals surface area contributed by atoms with Crippen molar-refractivity contribution in [2.45, 2.75) is 31.5 Å². The van der Waals surface area contributed by atoms with Crippen LogP contribution in [0.15, 0.2) is 23.1 Å². The van der Waals surface area contributed by atoms with E-state index in [1.165, 1.54) is 10.6 Å². The molecule has 1 unspecified atom stereocenters. The molecule has 0 aliphatic carbocycles. The smallest absolute Gasteiger partial charge is 0.251 e. The first kappa shape index (κ1) is 16.0. The predicted octanol–water partition coefficient (Wildman–Crippen LogP) is 2.31. The van der Waals surface area contributed by atoms with Crippen molar-refractivity contribution < 1.29 is 4.79 Å². The van der Waals surface area contributed by atoms with Gasteiger partial charge in [-0.25, -0.2) is 0 Å². The molecule has 0 aromatic carbocycles. The molecule has 1 N–H and O–H groups in total. The highest BCUT2D eigenvalue weighted by Crippen LogP contribution is 2.19. The lowest BCUT2D eigenvalue weighted by atomic mass is 9.99. The van der Waals surface area contributed by atoms with Gasteiger partial charge in [-0.05, 0) is 12.0 Å². The Morgan fingerprint density at radius 3 is 2.58 bits per heavy atom. The molecule has 5 heteroatoms. The summed E-state index contributed by atoms with van der Waals surface area (Å²) in [5, 5.41) is 2.86. The lowest BCUT2D eigenvalue weighted by molar-refractivity contribution is 0.0952. The quantitative estimate of drug-likeness (QED) is 0.815. The Bertz CT molecular complexity index is 481. The molecule has 1 heterocycles. The highest BCUT2D eigenvalue weighted by atomic mass is 79.9. The van der Waals surface area contributed by atoms with Crippen molar-refractivity contribution in [3.8, 4) is 0 Å². The molecule has 0 bridgehead atoms. The Kier molecular flexibility index (Phi) is 6.28. The second-order valence-corrected chi connectivity index (χ2v) is 5.84. The highest BCUT2D eigenvalue weighted by molar-refractivity contribution is 9.09. The average molecular weight is 329 g/mol. The Balaban J connectivity index is 2.60. The van der Waals surface area contributed by atoms with Gasteiger partial charge in [0, 0.05) is 36.2 Å². The monoisotopic (exact) mass is 328 g/mol. The Hall–Kier alpha value is -1.10. The largest absolute Gasteiger partial charge is 0.351 e. The zero-order chi connectivity index (χ0) is 14.4. The Labute approximate surface area is 122 Å². The second kappa shape index (κ2) is 7.48. The summed E-state index contributed by atoms with van der Waals surface area (Å²) >= 11 is 3.61. The topological polar surface area (TPSA) is 51.1 Å². The van der Waals surface area contributed by atoms with E-state index < -0.39 is 0 Å². The van der Waals surface area contributed by atoms with Crippen LogP contribution in [0.1, 0.15) is 37.0 Å². The lowest BCUT2D eigenvalue weighted by Gasteiger charge is -2.19. The van der Waals surface area contributed by atoms with Gasteiger partial charge in [-0.1, -0.05) is 42.6 Å². The molecule has 0 spiro atoms. The summed E-state index contributed by atoms with van der Waals surface area (Å²) in [7, 11) is 1.66. The summed E-state index contributed by atoms with van der Waals surface area (Å²) in [5.41, 5.74) is 0.232. The molecule has 1 amide bonds. The number of rotatable bonds is 6. The van der Waals surface area contributed by atoms with Crippen LogP contribution in [0, 0.1) is 5.92 Å². The van der Waals surface area contributed by atoms with Gasteiger partial charge in [-0.2, -0.15) is 0 Å². The molecule has 0 radical (unpaired) electrons. The molecule has 1 aromatic heterocycles. The summed E-state index contributed by atoms with van der Waals surface area (Å²) in [4.78, 5) is 23.7. The minimum absolute atomic E-state index is 0.178. The fraction of sp³-hybridized carbons (Fsp3) is 0.571. The molecule has 19 heavy (non-hydrogen) atoms. The first-order chi connectivity index (χ1) is 8.99. The second-order valence-electron chi connectivity index (χ2n) is 4.67. The predicted molar refractivity (Wildman–Crippen MR) is 80.8 cm³/mol. The van der Waals surface area contributed by atoms with Crippen LogP contribution < -0.4 is 10.9 Å². The summed E-state index contributed by atoms with van der Waals surface area (Å²) < 4.78 is 1.44. The highest BCUT2D eigenvalue weighted by Gasteiger charge is 2.16. The van der Waals surface area contributed by atoms with Gasteiger partial charge >= 0.3 is 0 Å². The number of nitrogens with zero attached hydrogens (tertiary/aromatic N) is 1. The molecule has 0 saturated heterocycles. The Morgan fingerprint density at radius 1 is 1.42 bits per heavy atom. The third-order valence-corrected chi connectivity index (χ3v) is 4.46. The summed E-state index contributed by atoms with van der Waals surface area (Å²) in [6.45, 7) is 4.86. The number of nitrogens with one attached hydrogen (secondary N) is 1. The van der Waals surface area contributed by atoms with Gasteiger partial charge in [-0.15, -0.1) is 0 Å². The number of carbonyl (C=O) groups excluding carboxylic acids is 1. The number of halogens is 1. The van der Waals surface area contributed by atoms with E-state index in [1.807, 2.05) is 0 Å². The van der Waals surface area contributed by atoms with Crippen molar-refractivity contribution in [3.05, 3.63) is 34.2 Å². The maximum Gasteiger partial charge on any atom is 0.251 e. The van der Waals surface area contributed by atoms with E-state index in [0.29, 0.717) is 18.0 Å². The maximum absolute atomic E-state index is 11.9. The zero-order valence-corrected chi connectivity index (χ0v) is 13.2. The van der Waals surface area contributed by atoms with Crippen molar-refractivity contribution in [2.75, 3.05) is 6.54 Å². The SMILES string of the molecule is CCC(CC)C(Br)CNC(=O)c1ccn(C)c(=O)c1. The van der Waals surface area contributed by atoms with Gasteiger partial charge in [0.2, 0.25) is 0 Å². The third kappa shape index (κ3) is 4.49. The molecule has 0 fully saturated rings. The van der Waals surface area contributed by atoms with Crippen LogP contribution in [0.25, 0.3) is 0 Å². The van der Waals surface area contributed by atoms with Crippen LogP contribution in [0.3, 0.4) is 0 Å². The van der Waals surface area contributed by atoms with Gasteiger partial charge < -0.3 is 9.88 Å². The number of aromatic nitrogens is 1. The van der Waals surface area contributed by atoms with E-state index in [9.17, 15) is 9.59 Å². The van der Waals surface area contributed by atoms with Crippen LogP contribution in [0.5, 0.6) is 0 Å². The molecule has 1 aromatic rings. The molecule has 1 rings (SSSR count). The van der Waals surface area contributed by atoms with Crippen molar-refractivity contribution in [1.82, 2.24) is 9.88 Å². The first-order valence-electron chi connectivity index (χ1n) is 6.58. The maximum atomic E-state index is 11.9. The first-order valence-corrected chi connectivity index (χ1v) is 7.50. The Morgan fingerprint density at radius 2 is 2.05 bits per heavy atom. The van der Waals surface area contributed by atoms with E-state index >= 15 is 0 Å². The number of carbonyl (C=O) groups is 1. The molecule has 106 valence electrons. The van der Waals surface area contributed by atoms with Crippen molar-refractivity contribution >= 4 is 21.8 Å². The van der Waals surface area contributed by atoms with E-state index in [0.717, 1.165) is 12.8 Å². The summed E-state index contributed by atoms with van der Waals surface area (Å²) in [5.74, 6) is 0.344. The number of hydrogen-bond acceptors (Lipinski definition) is 2. The molecule has 0 aliphatic heterocycles. The molecular formula is C14H21BrN2O2. The minimum Gasteiger partial charge on any atom is -0.351 e. The number of hydrogen-bond donors (Lipinski definition) is 1.